The zero-order valence-corrected chi connectivity index (χ0v) is 11.7. The number of benzene rings is 1. The minimum absolute atomic E-state index is 0.272. The lowest BCUT2D eigenvalue weighted by Gasteiger charge is -2.06. The fourth-order valence-corrected chi connectivity index (χ4v) is 1.66. The lowest BCUT2D eigenvalue weighted by Crippen LogP contribution is -2.01. The molecule has 0 saturated carbocycles. The fraction of sp³-hybridized carbons (Fsp3) is 0.188. The Labute approximate surface area is 122 Å². The van der Waals surface area contributed by atoms with Crippen molar-refractivity contribution in [1.29, 1.82) is 0 Å². The van der Waals surface area contributed by atoms with Gasteiger partial charge in [-0.05, 0) is 30.2 Å². The van der Waals surface area contributed by atoms with Crippen molar-refractivity contribution in [2.75, 3.05) is 0 Å². The van der Waals surface area contributed by atoms with Crippen LogP contribution in [0.2, 0.25) is 0 Å². The first-order chi connectivity index (χ1) is 10.2. The zero-order chi connectivity index (χ0) is 15.1. The summed E-state index contributed by atoms with van der Waals surface area (Å²) in [5.74, 6) is 0.311. The van der Waals surface area contributed by atoms with E-state index in [1.54, 1.807) is 12.4 Å². The Morgan fingerprint density at radius 2 is 1.90 bits per heavy atom. The predicted octanol–water partition coefficient (Wildman–Crippen LogP) is 2.72. The Morgan fingerprint density at radius 1 is 1.24 bits per heavy atom. The highest BCUT2D eigenvalue weighted by atomic mass is 16.5. The van der Waals surface area contributed by atoms with E-state index >= 15 is 0 Å². The summed E-state index contributed by atoms with van der Waals surface area (Å²) in [6.45, 7) is 2.37. The van der Waals surface area contributed by atoms with Crippen LogP contribution in [0.1, 0.15) is 23.9 Å². The van der Waals surface area contributed by atoms with Gasteiger partial charge in [-0.2, -0.15) is 0 Å². The highest BCUT2D eigenvalue weighted by Crippen LogP contribution is 2.13. The predicted molar refractivity (Wildman–Crippen MR) is 78.9 cm³/mol. The van der Waals surface area contributed by atoms with Crippen LogP contribution >= 0.6 is 0 Å². The molecule has 0 unspecified atom stereocenters. The summed E-state index contributed by atoms with van der Waals surface area (Å²) < 4.78 is 5.59. The van der Waals surface area contributed by atoms with E-state index in [2.05, 4.69) is 16.9 Å². The summed E-state index contributed by atoms with van der Waals surface area (Å²) in [6, 6.07) is 7.89. The Morgan fingerprint density at radius 3 is 2.48 bits per heavy atom. The number of aromatic nitrogens is 2. The van der Waals surface area contributed by atoms with Gasteiger partial charge in [0.25, 0.3) is 0 Å². The molecule has 0 amide bonds. The van der Waals surface area contributed by atoms with E-state index in [4.69, 9.17) is 9.84 Å². The van der Waals surface area contributed by atoms with Gasteiger partial charge in [-0.1, -0.05) is 19.1 Å². The number of rotatable bonds is 6. The minimum atomic E-state index is -1.00. The van der Waals surface area contributed by atoms with Crippen LogP contribution < -0.4 is 4.74 Å². The molecule has 108 valence electrons. The molecule has 0 bridgehead atoms. The third kappa shape index (κ3) is 4.72. The van der Waals surface area contributed by atoms with Crippen molar-refractivity contribution in [3.8, 4) is 5.75 Å². The molecule has 1 aromatic carbocycles. The fourth-order valence-electron chi connectivity index (χ4n) is 1.66. The molecular formula is C16H16N2O3. The molecule has 0 aliphatic carbocycles. The molecule has 2 rings (SSSR count). The van der Waals surface area contributed by atoms with Crippen molar-refractivity contribution >= 4 is 12.0 Å². The van der Waals surface area contributed by atoms with Gasteiger partial charge in [0.05, 0.1) is 0 Å². The molecule has 0 spiro atoms. The molecule has 0 aliphatic heterocycles. The molecular weight excluding hydrogens is 268 g/mol. The monoisotopic (exact) mass is 284 g/mol. The molecule has 0 radical (unpaired) electrons. The molecule has 0 atom stereocenters. The van der Waals surface area contributed by atoms with E-state index in [0.717, 1.165) is 18.2 Å². The van der Waals surface area contributed by atoms with Crippen LogP contribution in [0.3, 0.4) is 0 Å². The van der Waals surface area contributed by atoms with Crippen molar-refractivity contribution in [2.24, 2.45) is 0 Å². The first-order valence-corrected chi connectivity index (χ1v) is 6.61. The van der Waals surface area contributed by atoms with Gasteiger partial charge in [-0.3, -0.25) is 0 Å². The second-order valence-electron chi connectivity index (χ2n) is 4.39. The smallest absolute Gasteiger partial charge is 0.328 e. The first kappa shape index (κ1) is 14.7. The third-order valence-corrected chi connectivity index (χ3v) is 2.84. The lowest BCUT2D eigenvalue weighted by molar-refractivity contribution is -0.131. The van der Waals surface area contributed by atoms with E-state index in [9.17, 15) is 4.79 Å². The summed E-state index contributed by atoms with van der Waals surface area (Å²) in [5.41, 5.74) is 1.89. The maximum absolute atomic E-state index is 10.4. The van der Waals surface area contributed by atoms with Gasteiger partial charge in [0.2, 0.25) is 0 Å². The van der Waals surface area contributed by atoms with Gasteiger partial charge in [-0.15, -0.1) is 0 Å². The van der Waals surface area contributed by atoms with Gasteiger partial charge >= 0.3 is 5.97 Å². The van der Waals surface area contributed by atoms with Crippen molar-refractivity contribution in [2.45, 2.75) is 20.0 Å². The zero-order valence-electron chi connectivity index (χ0n) is 11.7. The lowest BCUT2D eigenvalue weighted by atomic mass is 10.2. The van der Waals surface area contributed by atoms with Gasteiger partial charge in [0, 0.05) is 24.0 Å². The number of hydrogen-bond acceptors (Lipinski definition) is 4. The molecule has 5 heteroatoms. The van der Waals surface area contributed by atoms with Crippen molar-refractivity contribution < 1.29 is 14.6 Å². The van der Waals surface area contributed by atoms with Gasteiger partial charge in [0.1, 0.15) is 12.4 Å². The SMILES string of the molecule is CCc1ccc(OCc2ncc(/C=C/C(=O)O)cn2)cc1. The largest absolute Gasteiger partial charge is 0.486 e. The van der Waals surface area contributed by atoms with Crippen LogP contribution in [-0.2, 0) is 17.8 Å². The maximum atomic E-state index is 10.4. The van der Waals surface area contributed by atoms with E-state index in [-0.39, 0.29) is 6.61 Å². The molecule has 1 N–H and O–H groups in total. The van der Waals surface area contributed by atoms with Crippen molar-refractivity contribution in [1.82, 2.24) is 9.97 Å². The third-order valence-electron chi connectivity index (χ3n) is 2.84. The van der Waals surface area contributed by atoms with E-state index < -0.39 is 5.97 Å². The van der Waals surface area contributed by atoms with Gasteiger partial charge < -0.3 is 9.84 Å². The highest BCUT2D eigenvalue weighted by Gasteiger charge is 1.99. The summed E-state index contributed by atoms with van der Waals surface area (Å²) in [4.78, 5) is 18.6. The molecule has 21 heavy (non-hydrogen) atoms. The molecule has 1 aromatic heterocycles. The number of carboxylic acid groups (broad SMARTS) is 1. The van der Waals surface area contributed by atoms with Crippen LogP contribution in [0.25, 0.3) is 6.08 Å². The average molecular weight is 284 g/mol. The average Bonchev–Trinajstić information content (AvgIpc) is 2.52. The first-order valence-electron chi connectivity index (χ1n) is 6.61. The van der Waals surface area contributed by atoms with Crippen molar-refractivity contribution in [3.63, 3.8) is 0 Å². The summed E-state index contributed by atoms with van der Waals surface area (Å²) in [7, 11) is 0. The van der Waals surface area contributed by atoms with Crippen LogP contribution in [0, 0.1) is 0 Å². The molecule has 0 aliphatic rings. The van der Waals surface area contributed by atoms with E-state index in [1.165, 1.54) is 11.6 Å². The second kappa shape index (κ2) is 7.19. The standard InChI is InChI=1S/C16H16N2O3/c1-2-12-3-6-14(7-4-12)21-11-15-17-9-13(10-18-15)5-8-16(19)20/h3-10H,2,11H2,1H3,(H,19,20)/b8-5+. The Kier molecular flexibility index (Phi) is 5.04. The number of carbonyl (C=O) groups is 1. The van der Waals surface area contributed by atoms with Crippen molar-refractivity contribution in [3.05, 3.63) is 59.7 Å². The number of nitrogens with zero attached hydrogens (tertiary/aromatic N) is 2. The maximum Gasteiger partial charge on any atom is 0.328 e. The molecule has 5 nitrogen and oxygen atoms in total. The van der Waals surface area contributed by atoms with Gasteiger partial charge in [0.15, 0.2) is 5.82 Å². The van der Waals surface area contributed by atoms with E-state index in [0.29, 0.717) is 11.4 Å². The number of ether oxygens (including phenoxy) is 1. The van der Waals surface area contributed by atoms with Gasteiger partial charge in [-0.25, -0.2) is 14.8 Å². The molecule has 1 heterocycles. The topological polar surface area (TPSA) is 72.3 Å². The molecule has 0 saturated heterocycles. The number of hydrogen-bond donors (Lipinski definition) is 1. The number of aliphatic carboxylic acids is 1. The van der Waals surface area contributed by atoms with Crippen LogP contribution in [-0.4, -0.2) is 21.0 Å². The Bertz CT molecular complexity index is 619. The molecule has 0 fully saturated rings. The summed E-state index contributed by atoms with van der Waals surface area (Å²) in [6.07, 6.45) is 6.60. The summed E-state index contributed by atoms with van der Waals surface area (Å²) >= 11 is 0. The number of carboxylic acids is 1. The second-order valence-corrected chi connectivity index (χ2v) is 4.39. The quantitative estimate of drug-likeness (QED) is 0.826. The van der Waals surface area contributed by atoms with E-state index in [1.807, 2.05) is 24.3 Å². The minimum Gasteiger partial charge on any atom is -0.486 e. The van der Waals surface area contributed by atoms with Crippen LogP contribution in [0.15, 0.2) is 42.7 Å². The number of aryl methyl sites for hydroxylation is 1. The summed E-state index contributed by atoms with van der Waals surface area (Å²) in [5, 5.41) is 8.53. The highest BCUT2D eigenvalue weighted by molar-refractivity contribution is 5.85. The van der Waals surface area contributed by atoms with Crippen LogP contribution in [0.5, 0.6) is 5.75 Å². The van der Waals surface area contributed by atoms with Crippen LogP contribution in [0.4, 0.5) is 0 Å². The normalized spacial score (nSPS) is 10.7. The molecule has 2 aromatic rings. The Hall–Kier alpha value is -2.69. The Balaban J connectivity index is 1.92.